The Labute approximate surface area is 217 Å². The van der Waals surface area contributed by atoms with Gasteiger partial charge in [0.05, 0.1) is 13.1 Å². The molecule has 0 aromatic carbocycles. The number of primary amides is 2. The number of hydrogen-bond donors (Lipinski definition) is 2. The Morgan fingerprint density at radius 2 is 1.06 bits per heavy atom. The van der Waals surface area contributed by atoms with Crippen molar-refractivity contribution >= 4 is 29.3 Å². The van der Waals surface area contributed by atoms with Gasteiger partial charge in [0.2, 0.25) is 17.7 Å². The van der Waals surface area contributed by atoms with Gasteiger partial charge in [0.15, 0.2) is 11.6 Å². The quantitative estimate of drug-likeness (QED) is 0.202. The fourth-order valence-corrected chi connectivity index (χ4v) is 4.17. The molecule has 3 amide bonds. The predicted octanol–water partition coefficient (Wildman–Crippen LogP) is 2.83. The van der Waals surface area contributed by atoms with E-state index >= 15 is 0 Å². The summed E-state index contributed by atoms with van der Waals surface area (Å²) in [5, 5.41) is 0. The maximum Gasteiger partial charge on any atom is 0.224 e. The molecule has 0 aromatic heterocycles. The minimum atomic E-state index is -0.277. The van der Waals surface area contributed by atoms with Gasteiger partial charge in [0.25, 0.3) is 0 Å². The number of nitrogens with zero attached hydrogens (tertiary/aromatic N) is 2. The molecule has 0 aliphatic heterocycles. The average molecular weight is 511 g/mol. The number of carbonyl (C=O) groups is 5. The molecule has 0 aliphatic carbocycles. The van der Waals surface area contributed by atoms with Crippen molar-refractivity contribution in [3.05, 3.63) is 0 Å². The summed E-state index contributed by atoms with van der Waals surface area (Å²) in [6, 6.07) is 0. The molecule has 0 aliphatic rings. The third kappa shape index (κ3) is 16.4. The van der Waals surface area contributed by atoms with Crippen molar-refractivity contribution in [2.75, 3.05) is 33.7 Å². The largest absolute Gasteiger partial charge is 0.369 e. The number of Topliss-reactive ketones (excluding diaryl/α,β-unsaturated/α-hetero) is 2. The Morgan fingerprint density at radius 1 is 0.639 bits per heavy atom. The molecule has 0 radical (unpaired) electrons. The van der Waals surface area contributed by atoms with E-state index < -0.39 is 0 Å². The van der Waals surface area contributed by atoms with Crippen LogP contribution in [0, 0.1) is 11.8 Å². The van der Waals surface area contributed by atoms with Gasteiger partial charge in [-0.25, -0.2) is 0 Å². The van der Waals surface area contributed by atoms with E-state index in [0.717, 1.165) is 51.4 Å². The summed E-state index contributed by atoms with van der Waals surface area (Å²) in [6.07, 6.45) is 8.51. The van der Waals surface area contributed by atoms with E-state index in [4.69, 9.17) is 11.5 Å². The standard InChI is InChI=1S/C27H50N4O5/c1-5-21(26(28)35)13-9-7-11-15-23(32)19-31(25(34)17-18-30(3)4)20-24(33)16-12-8-10-14-22(6-2)27(29)36/h21-22H,5-20H2,1-4H3,(H2,28,35)(H2,29,36)/t21-,22-/m0/s1. The molecule has 36 heavy (non-hydrogen) atoms. The maximum atomic E-state index is 12.7. The molecule has 0 unspecified atom stereocenters. The molecule has 2 atom stereocenters. The molecule has 0 saturated carbocycles. The van der Waals surface area contributed by atoms with Crippen LogP contribution in [0.4, 0.5) is 0 Å². The van der Waals surface area contributed by atoms with Gasteiger partial charge in [-0.2, -0.15) is 0 Å². The van der Waals surface area contributed by atoms with Crippen LogP contribution in [0.5, 0.6) is 0 Å². The van der Waals surface area contributed by atoms with Gasteiger partial charge in [0.1, 0.15) is 0 Å². The highest BCUT2D eigenvalue weighted by Crippen LogP contribution is 2.15. The Balaban J connectivity index is 4.58. The number of rotatable bonds is 23. The summed E-state index contributed by atoms with van der Waals surface area (Å²) in [7, 11) is 3.74. The van der Waals surface area contributed by atoms with Crippen LogP contribution in [0.3, 0.4) is 0 Å². The summed E-state index contributed by atoms with van der Waals surface area (Å²) in [4.78, 5) is 63.8. The third-order valence-corrected chi connectivity index (χ3v) is 6.67. The molecule has 208 valence electrons. The van der Waals surface area contributed by atoms with Crippen molar-refractivity contribution in [1.29, 1.82) is 0 Å². The van der Waals surface area contributed by atoms with Gasteiger partial charge in [-0.15, -0.1) is 0 Å². The van der Waals surface area contributed by atoms with Crippen molar-refractivity contribution in [3.8, 4) is 0 Å². The van der Waals surface area contributed by atoms with Crippen molar-refractivity contribution in [1.82, 2.24) is 9.80 Å². The van der Waals surface area contributed by atoms with Gasteiger partial charge in [-0.1, -0.05) is 39.5 Å². The smallest absolute Gasteiger partial charge is 0.224 e. The number of amides is 3. The van der Waals surface area contributed by atoms with Crippen LogP contribution in [-0.4, -0.2) is 72.8 Å². The average Bonchev–Trinajstić information content (AvgIpc) is 2.81. The molecule has 4 N–H and O–H groups in total. The number of unbranched alkanes of at least 4 members (excludes halogenated alkanes) is 4. The number of nitrogens with two attached hydrogens (primary N) is 2. The molecular weight excluding hydrogens is 460 g/mol. The topological polar surface area (TPSA) is 144 Å². The molecule has 0 fully saturated rings. The highest BCUT2D eigenvalue weighted by molar-refractivity contribution is 5.90. The monoisotopic (exact) mass is 510 g/mol. The minimum absolute atomic E-state index is 0.0480. The van der Waals surface area contributed by atoms with Crippen LogP contribution in [0.15, 0.2) is 0 Å². The number of hydrogen-bond acceptors (Lipinski definition) is 6. The lowest BCUT2D eigenvalue weighted by Crippen LogP contribution is -2.40. The number of ketones is 2. The van der Waals surface area contributed by atoms with Crippen LogP contribution >= 0.6 is 0 Å². The first-order chi connectivity index (χ1) is 17.0. The van der Waals surface area contributed by atoms with Crippen molar-refractivity contribution < 1.29 is 24.0 Å². The summed E-state index contributed by atoms with van der Waals surface area (Å²) < 4.78 is 0. The van der Waals surface area contributed by atoms with Crippen LogP contribution in [0.1, 0.15) is 97.3 Å². The molecular formula is C27H50N4O5. The molecule has 0 aromatic rings. The van der Waals surface area contributed by atoms with E-state index in [2.05, 4.69) is 0 Å². The van der Waals surface area contributed by atoms with Crippen LogP contribution in [0.25, 0.3) is 0 Å². The molecule has 0 spiro atoms. The zero-order valence-corrected chi connectivity index (χ0v) is 23.1. The fourth-order valence-electron chi connectivity index (χ4n) is 4.17. The minimum Gasteiger partial charge on any atom is -0.369 e. The van der Waals surface area contributed by atoms with Crippen molar-refractivity contribution in [2.24, 2.45) is 23.3 Å². The van der Waals surface area contributed by atoms with E-state index in [-0.39, 0.29) is 60.6 Å². The second kappa shape index (κ2) is 19.8. The summed E-state index contributed by atoms with van der Waals surface area (Å²) in [6.45, 7) is 4.33. The molecule has 0 rings (SSSR count). The number of carbonyl (C=O) groups excluding carboxylic acids is 5. The first kappa shape index (κ1) is 33.7. The summed E-state index contributed by atoms with van der Waals surface area (Å²) in [5.74, 6) is -1.09. The maximum absolute atomic E-state index is 12.7. The summed E-state index contributed by atoms with van der Waals surface area (Å²) >= 11 is 0. The Kier molecular flexibility index (Phi) is 18.6. The summed E-state index contributed by atoms with van der Waals surface area (Å²) in [5.41, 5.74) is 10.7. The third-order valence-electron chi connectivity index (χ3n) is 6.67. The van der Waals surface area contributed by atoms with E-state index in [0.29, 0.717) is 32.2 Å². The Morgan fingerprint density at radius 3 is 1.39 bits per heavy atom. The van der Waals surface area contributed by atoms with Crippen molar-refractivity contribution in [2.45, 2.75) is 97.3 Å². The van der Waals surface area contributed by atoms with E-state index in [1.807, 2.05) is 32.8 Å². The van der Waals surface area contributed by atoms with Gasteiger partial charge < -0.3 is 21.3 Å². The van der Waals surface area contributed by atoms with Gasteiger partial charge in [-0.3, -0.25) is 24.0 Å². The first-order valence-corrected chi connectivity index (χ1v) is 13.6. The van der Waals surface area contributed by atoms with Gasteiger partial charge in [-0.05, 0) is 52.6 Å². The van der Waals surface area contributed by atoms with Gasteiger partial charge in [0, 0.05) is 37.6 Å². The van der Waals surface area contributed by atoms with Crippen LogP contribution < -0.4 is 11.5 Å². The normalized spacial score (nSPS) is 12.8. The lowest BCUT2D eigenvalue weighted by molar-refractivity contribution is -0.138. The molecule has 0 bridgehead atoms. The van der Waals surface area contributed by atoms with E-state index in [9.17, 15) is 24.0 Å². The SMILES string of the molecule is CC[C@@H](CCCCCC(=O)CN(CC(=O)CCCCC[C@H](CC)C(N)=O)C(=O)CCN(C)C)C(N)=O. The van der Waals surface area contributed by atoms with E-state index in [1.165, 1.54) is 4.90 Å². The fraction of sp³-hybridized carbons (Fsp3) is 0.815. The van der Waals surface area contributed by atoms with E-state index in [1.54, 1.807) is 0 Å². The van der Waals surface area contributed by atoms with Gasteiger partial charge >= 0.3 is 0 Å². The lowest BCUT2D eigenvalue weighted by atomic mass is 9.97. The second-order valence-corrected chi connectivity index (χ2v) is 10.1. The highest BCUT2D eigenvalue weighted by atomic mass is 16.2. The zero-order chi connectivity index (χ0) is 27.5. The molecule has 0 heterocycles. The predicted molar refractivity (Wildman–Crippen MR) is 142 cm³/mol. The molecule has 9 nitrogen and oxygen atoms in total. The van der Waals surface area contributed by atoms with Crippen LogP contribution in [-0.2, 0) is 24.0 Å². The van der Waals surface area contributed by atoms with Crippen LogP contribution in [0.2, 0.25) is 0 Å². The second-order valence-electron chi connectivity index (χ2n) is 10.1. The Hall–Kier alpha value is -2.29. The molecule has 9 heteroatoms. The highest BCUT2D eigenvalue weighted by Gasteiger charge is 2.20. The first-order valence-electron chi connectivity index (χ1n) is 13.6. The lowest BCUT2D eigenvalue weighted by Gasteiger charge is -2.22. The Bertz CT molecular complexity index is 650. The zero-order valence-electron chi connectivity index (χ0n) is 23.1. The molecule has 0 saturated heterocycles. The van der Waals surface area contributed by atoms with Crippen molar-refractivity contribution in [3.63, 3.8) is 0 Å².